The second-order valence-electron chi connectivity index (χ2n) is 4.94. The van der Waals surface area contributed by atoms with E-state index in [2.05, 4.69) is 21.2 Å². The van der Waals surface area contributed by atoms with Gasteiger partial charge in [-0.3, -0.25) is 4.79 Å². The molecule has 1 aliphatic carbocycles. The molecule has 1 saturated carbocycles. The van der Waals surface area contributed by atoms with Crippen molar-refractivity contribution < 1.29 is 4.79 Å². The Morgan fingerprint density at radius 2 is 1.94 bits per heavy atom. The molecule has 1 aromatic carbocycles. The highest BCUT2D eigenvalue weighted by Gasteiger charge is 2.21. The summed E-state index contributed by atoms with van der Waals surface area (Å²) in [6.45, 7) is 1.94. The fourth-order valence-electron chi connectivity index (χ4n) is 2.33. The molecule has 2 rings (SSSR count). The Morgan fingerprint density at radius 3 is 2.56 bits per heavy atom. The summed E-state index contributed by atoms with van der Waals surface area (Å²) in [6.07, 6.45) is 4.33. The van der Waals surface area contributed by atoms with Crippen LogP contribution in [0, 0.1) is 6.92 Å². The molecular weight excluding hydrogens is 314 g/mol. The van der Waals surface area contributed by atoms with E-state index in [1.807, 2.05) is 19.1 Å². The number of carbonyl (C=O) groups excluding carboxylic acids is 1. The molecular formula is C14H17BrClNO. The topological polar surface area (TPSA) is 29.1 Å². The fraction of sp³-hybridized carbons (Fsp3) is 0.500. The first-order valence-corrected chi connectivity index (χ1v) is 7.56. The number of hydrogen-bond donors (Lipinski definition) is 1. The van der Waals surface area contributed by atoms with Crippen molar-refractivity contribution >= 4 is 33.4 Å². The van der Waals surface area contributed by atoms with Crippen molar-refractivity contribution in [2.24, 2.45) is 0 Å². The SMILES string of the molecule is Cc1cc(Cl)cc(C(=O)NC2CCC(Br)CC2)c1. The Bertz CT molecular complexity index is 421. The van der Waals surface area contributed by atoms with Gasteiger partial charge in [0, 0.05) is 21.5 Å². The summed E-state index contributed by atoms with van der Waals surface area (Å²) in [7, 11) is 0. The Morgan fingerprint density at radius 1 is 1.28 bits per heavy atom. The molecule has 0 unspecified atom stereocenters. The van der Waals surface area contributed by atoms with Gasteiger partial charge in [-0.2, -0.15) is 0 Å². The number of hydrogen-bond acceptors (Lipinski definition) is 1. The zero-order chi connectivity index (χ0) is 13.1. The first-order valence-electron chi connectivity index (χ1n) is 6.27. The van der Waals surface area contributed by atoms with Gasteiger partial charge in [0.1, 0.15) is 0 Å². The molecule has 0 aromatic heterocycles. The second-order valence-corrected chi connectivity index (χ2v) is 6.67. The van der Waals surface area contributed by atoms with Gasteiger partial charge in [-0.05, 0) is 56.4 Å². The van der Waals surface area contributed by atoms with E-state index in [0.717, 1.165) is 31.2 Å². The molecule has 98 valence electrons. The van der Waals surface area contributed by atoms with Crippen molar-refractivity contribution in [2.45, 2.75) is 43.5 Å². The van der Waals surface area contributed by atoms with Crippen LogP contribution in [0.15, 0.2) is 18.2 Å². The summed E-state index contributed by atoms with van der Waals surface area (Å²) < 4.78 is 0. The maximum atomic E-state index is 12.1. The molecule has 0 heterocycles. The minimum Gasteiger partial charge on any atom is -0.349 e. The maximum Gasteiger partial charge on any atom is 0.251 e. The maximum absolute atomic E-state index is 12.1. The van der Waals surface area contributed by atoms with Crippen molar-refractivity contribution in [3.05, 3.63) is 34.3 Å². The zero-order valence-corrected chi connectivity index (χ0v) is 12.7. The monoisotopic (exact) mass is 329 g/mol. The van der Waals surface area contributed by atoms with Gasteiger partial charge in [0.2, 0.25) is 0 Å². The number of rotatable bonds is 2. The summed E-state index contributed by atoms with van der Waals surface area (Å²) >= 11 is 9.59. The third-order valence-electron chi connectivity index (χ3n) is 3.30. The van der Waals surface area contributed by atoms with Gasteiger partial charge >= 0.3 is 0 Å². The van der Waals surface area contributed by atoms with Crippen LogP contribution in [0.2, 0.25) is 5.02 Å². The Kier molecular flexibility index (Phi) is 4.68. The van der Waals surface area contributed by atoms with E-state index in [1.54, 1.807) is 6.07 Å². The van der Waals surface area contributed by atoms with Crippen LogP contribution in [0.3, 0.4) is 0 Å². The molecule has 1 amide bonds. The lowest BCUT2D eigenvalue weighted by Gasteiger charge is -2.26. The third kappa shape index (κ3) is 3.72. The Balaban J connectivity index is 1.99. The van der Waals surface area contributed by atoms with Gasteiger partial charge in [-0.1, -0.05) is 27.5 Å². The van der Waals surface area contributed by atoms with Crippen LogP contribution in [0.4, 0.5) is 0 Å². The van der Waals surface area contributed by atoms with Gasteiger partial charge in [-0.15, -0.1) is 0 Å². The normalized spacial score (nSPS) is 23.7. The lowest BCUT2D eigenvalue weighted by atomic mass is 9.95. The number of carbonyl (C=O) groups is 1. The average Bonchev–Trinajstić information content (AvgIpc) is 2.31. The van der Waals surface area contributed by atoms with E-state index in [4.69, 9.17) is 11.6 Å². The van der Waals surface area contributed by atoms with E-state index in [1.165, 1.54) is 0 Å². The molecule has 0 atom stereocenters. The zero-order valence-electron chi connectivity index (χ0n) is 10.4. The summed E-state index contributed by atoms with van der Waals surface area (Å²) in [4.78, 5) is 12.7. The molecule has 0 aliphatic heterocycles. The molecule has 0 saturated heterocycles. The number of aryl methyl sites for hydroxylation is 1. The second kappa shape index (κ2) is 6.07. The predicted octanol–water partition coefficient (Wildman–Crippen LogP) is 4.08. The quantitative estimate of drug-likeness (QED) is 0.813. The van der Waals surface area contributed by atoms with Crippen LogP contribution in [-0.4, -0.2) is 16.8 Å². The van der Waals surface area contributed by atoms with Crippen molar-refractivity contribution in [1.29, 1.82) is 0 Å². The average molecular weight is 331 g/mol. The van der Waals surface area contributed by atoms with E-state index >= 15 is 0 Å². The Hall–Kier alpha value is -0.540. The predicted molar refractivity (Wildman–Crippen MR) is 78.6 cm³/mol. The number of alkyl halides is 1. The molecule has 0 spiro atoms. The molecule has 4 heteroatoms. The highest BCUT2D eigenvalue weighted by Crippen LogP contribution is 2.24. The van der Waals surface area contributed by atoms with Crippen molar-refractivity contribution in [2.75, 3.05) is 0 Å². The summed E-state index contributed by atoms with van der Waals surface area (Å²) in [5, 5.41) is 3.71. The van der Waals surface area contributed by atoms with E-state index < -0.39 is 0 Å². The van der Waals surface area contributed by atoms with E-state index in [0.29, 0.717) is 21.5 Å². The van der Waals surface area contributed by atoms with Crippen LogP contribution in [-0.2, 0) is 0 Å². The number of benzene rings is 1. The largest absolute Gasteiger partial charge is 0.349 e. The lowest BCUT2D eigenvalue weighted by Crippen LogP contribution is -2.37. The molecule has 1 fully saturated rings. The minimum atomic E-state index is -0.0152. The van der Waals surface area contributed by atoms with Gasteiger partial charge in [0.25, 0.3) is 5.91 Å². The fourth-order valence-corrected chi connectivity index (χ4v) is 3.15. The molecule has 2 nitrogen and oxygen atoms in total. The van der Waals surface area contributed by atoms with Crippen molar-refractivity contribution in [3.8, 4) is 0 Å². The third-order valence-corrected chi connectivity index (χ3v) is 4.43. The van der Waals surface area contributed by atoms with Crippen LogP contribution < -0.4 is 5.32 Å². The van der Waals surface area contributed by atoms with Gasteiger partial charge in [0.05, 0.1) is 0 Å². The van der Waals surface area contributed by atoms with Crippen LogP contribution in [0.1, 0.15) is 41.6 Å². The molecule has 18 heavy (non-hydrogen) atoms. The smallest absolute Gasteiger partial charge is 0.251 e. The molecule has 0 radical (unpaired) electrons. The van der Waals surface area contributed by atoms with Crippen LogP contribution >= 0.6 is 27.5 Å². The molecule has 1 aromatic rings. The highest BCUT2D eigenvalue weighted by molar-refractivity contribution is 9.09. The van der Waals surface area contributed by atoms with Crippen LogP contribution in [0.5, 0.6) is 0 Å². The van der Waals surface area contributed by atoms with E-state index in [-0.39, 0.29) is 5.91 Å². The number of amides is 1. The Labute approximate surface area is 121 Å². The lowest BCUT2D eigenvalue weighted by molar-refractivity contribution is 0.0928. The molecule has 0 bridgehead atoms. The minimum absolute atomic E-state index is 0.0152. The van der Waals surface area contributed by atoms with Gasteiger partial charge < -0.3 is 5.32 Å². The van der Waals surface area contributed by atoms with Gasteiger partial charge in [0.15, 0.2) is 0 Å². The van der Waals surface area contributed by atoms with Crippen LogP contribution in [0.25, 0.3) is 0 Å². The summed E-state index contributed by atoms with van der Waals surface area (Å²) in [6, 6.07) is 5.75. The van der Waals surface area contributed by atoms with E-state index in [9.17, 15) is 4.79 Å². The molecule has 1 aliphatic rings. The number of nitrogens with one attached hydrogen (secondary N) is 1. The standard InChI is InChI=1S/C14H17BrClNO/c1-9-6-10(8-12(16)7-9)14(18)17-13-4-2-11(15)3-5-13/h6-8,11,13H,2-5H2,1H3,(H,17,18). The summed E-state index contributed by atoms with van der Waals surface area (Å²) in [5.41, 5.74) is 1.66. The first-order chi connectivity index (χ1) is 8.54. The van der Waals surface area contributed by atoms with Crippen molar-refractivity contribution in [3.63, 3.8) is 0 Å². The summed E-state index contributed by atoms with van der Waals surface area (Å²) in [5.74, 6) is -0.0152. The number of halogens is 2. The van der Waals surface area contributed by atoms with Crippen molar-refractivity contribution in [1.82, 2.24) is 5.32 Å². The highest BCUT2D eigenvalue weighted by atomic mass is 79.9. The first kappa shape index (κ1) is 13.9. The van der Waals surface area contributed by atoms with Gasteiger partial charge in [-0.25, -0.2) is 0 Å². The molecule has 1 N–H and O–H groups in total.